The first-order valence-electron chi connectivity index (χ1n) is 7.00. The van der Waals surface area contributed by atoms with Crippen LogP contribution in [0.4, 0.5) is 0 Å². The predicted octanol–water partition coefficient (Wildman–Crippen LogP) is 2.58. The summed E-state index contributed by atoms with van der Waals surface area (Å²) in [5.41, 5.74) is 2.42. The quantitative estimate of drug-likeness (QED) is 0.797. The third-order valence-electron chi connectivity index (χ3n) is 3.26. The molecule has 1 heterocycles. The molecule has 5 nitrogen and oxygen atoms in total. The van der Waals surface area contributed by atoms with Gasteiger partial charge in [-0.25, -0.2) is 9.67 Å². The standard InChI is InChI=1S/C15H22N4OS/c1-5-16-13(9-21-15-17-10-18-19(15)3)12-8-11(2)6-7-14(12)20-4/h6-8,10,13,16H,5,9H2,1-4H3. The highest BCUT2D eigenvalue weighted by Gasteiger charge is 2.17. The second-order valence-corrected chi connectivity index (χ2v) is 5.82. The van der Waals surface area contributed by atoms with Crippen LogP contribution in [-0.4, -0.2) is 34.2 Å². The van der Waals surface area contributed by atoms with E-state index in [2.05, 4.69) is 41.4 Å². The fraction of sp³-hybridized carbons (Fsp3) is 0.467. The van der Waals surface area contributed by atoms with E-state index in [0.29, 0.717) is 0 Å². The summed E-state index contributed by atoms with van der Waals surface area (Å²) in [6.07, 6.45) is 1.58. The van der Waals surface area contributed by atoms with Crippen LogP contribution >= 0.6 is 11.8 Å². The first-order valence-corrected chi connectivity index (χ1v) is 7.99. The van der Waals surface area contributed by atoms with Crippen LogP contribution in [0.5, 0.6) is 5.75 Å². The molecule has 0 saturated heterocycles. The number of thioether (sulfide) groups is 1. The van der Waals surface area contributed by atoms with Crippen molar-refractivity contribution in [3.63, 3.8) is 0 Å². The Bertz CT molecular complexity index is 585. The number of hydrogen-bond donors (Lipinski definition) is 1. The van der Waals surface area contributed by atoms with Gasteiger partial charge in [0.2, 0.25) is 0 Å². The summed E-state index contributed by atoms with van der Waals surface area (Å²) in [5, 5.41) is 8.55. The van der Waals surface area contributed by atoms with E-state index in [-0.39, 0.29) is 6.04 Å². The van der Waals surface area contributed by atoms with E-state index in [1.807, 2.05) is 13.1 Å². The van der Waals surface area contributed by atoms with Crippen LogP contribution in [0.3, 0.4) is 0 Å². The molecule has 0 amide bonds. The van der Waals surface area contributed by atoms with E-state index in [4.69, 9.17) is 4.74 Å². The third kappa shape index (κ3) is 3.98. The molecule has 0 aliphatic rings. The number of nitrogens with zero attached hydrogens (tertiary/aromatic N) is 3. The van der Waals surface area contributed by atoms with Gasteiger partial charge in [-0.2, -0.15) is 5.10 Å². The van der Waals surface area contributed by atoms with Gasteiger partial charge in [-0.15, -0.1) is 0 Å². The minimum Gasteiger partial charge on any atom is -0.496 e. The van der Waals surface area contributed by atoms with Gasteiger partial charge in [0.25, 0.3) is 0 Å². The SMILES string of the molecule is CCNC(CSc1ncnn1C)c1cc(C)ccc1OC. The molecule has 1 aromatic heterocycles. The highest BCUT2D eigenvalue weighted by atomic mass is 32.2. The number of rotatable bonds is 7. The summed E-state index contributed by atoms with van der Waals surface area (Å²) in [4.78, 5) is 4.26. The molecule has 1 aromatic carbocycles. The highest BCUT2D eigenvalue weighted by molar-refractivity contribution is 7.99. The summed E-state index contributed by atoms with van der Waals surface area (Å²) in [6.45, 7) is 5.12. The Morgan fingerprint density at radius 3 is 2.86 bits per heavy atom. The Morgan fingerprint density at radius 1 is 1.43 bits per heavy atom. The zero-order valence-corrected chi connectivity index (χ0v) is 13.8. The van der Waals surface area contributed by atoms with Gasteiger partial charge in [-0.1, -0.05) is 36.4 Å². The number of nitrogens with one attached hydrogen (secondary N) is 1. The number of ether oxygens (including phenoxy) is 1. The number of aryl methyl sites for hydroxylation is 2. The number of aromatic nitrogens is 3. The van der Waals surface area contributed by atoms with Gasteiger partial charge in [-0.3, -0.25) is 0 Å². The maximum Gasteiger partial charge on any atom is 0.185 e. The minimum atomic E-state index is 0.214. The maximum absolute atomic E-state index is 5.51. The lowest BCUT2D eigenvalue weighted by molar-refractivity contribution is 0.403. The van der Waals surface area contributed by atoms with Crippen LogP contribution in [0, 0.1) is 6.92 Å². The molecule has 2 aromatic rings. The molecule has 6 heteroatoms. The summed E-state index contributed by atoms with van der Waals surface area (Å²) in [5.74, 6) is 1.80. The Morgan fingerprint density at radius 2 is 2.24 bits per heavy atom. The largest absolute Gasteiger partial charge is 0.496 e. The molecule has 0 fully saturated rings. The van der Waals surface area contributed by atoms with Gasteiger partial charge in [0.05, 0.1) is 7.11 Å². The molecule has 0 radical (unpaired) electrons. The van der Waals surface area contributed by atoms with E-state index in [0.717, 1.165) is 23.2 Å². The Kier molecular flexibility index (Phi) is 5.64. The highest BCUT2D eigenvalue weighted by Crippen LogP contribution is 2.30. The Labute approximate surface area is 130 Å². The molecule has 0 bridgehead atoms. The fourth-order valence-corrected chi connectivity index (χ4v) is 3.17. The summed E-state index contributed by atoms with van der Waals surface area (Å²) in [7, 11) is 3.62. The van der Waals surface area contributed by atoms with Crippen LogP contribution in [0.2, 0.25) is 0 Å². The summed E-state index contributed by atoms with van der Waals surface area (Å²) in [6, 6.07) is 6.50. The van der Waals surface area contributed by atoms with Gasteiger partial charge in [0, 0.05) is 24.4 Å². The Hall–Kier alpha value is -1.53. The molecule has 0 aliphatic carbocycles. The Balaban J connectivity index is 2.18. The van der Waals surface area contributed by atoms with Crippen molar-refractivity contribution in [2.75, 3.05) is 19.4 Å². The number of benzene rings is 1. The maximum atomic E-state index is 5.51. The molecule has 1 N–H and O–H groups in total. The van der Waals surface area contributed by atoms with Gasteiger partial charge < -0.3 is 10.1 Å². The van der Waals surface area contributed by atoms with Crippen molar-refractivity contribution in [2.24, 2.45) is 7.05 Å². The first-order chi connectivity index (χ1) is 10.2. The van der Waals surface area contributed by atoms with Crippen molar-refractivity contribution in [1.29, 1.82) is 0 Å². The van der Waals surface area contributed by atoms with E-state index < -0.39 is 0 Å². The predicted molar refractivity (Wildman–Crippen MR) is 85.9 cm³/mol. The van der Waals surface area contributed by atoms with Gasteiger partial charge >= 0.3 is 0 Å². The second kappa shape index (κ2) is 7.47. The monoisotopic (exact) mass is 306 g/mol. The zero-order chi connectivity index (χ0) is 15.2. The lowest BCUT2D eigenvalue weighted by Crippen LogP contribution is -2.23. The van der Waals surface area contributed by atoms with Crippen molar-refractivity contribution in [3.05, 3.63) is 35.7 Å². The lowest BCUT2D eigenvalue weighted by atomic mass is 10.0. The number of hydrogen-bond acceptors (Lipinski definition) is 5. The van der Waals surface area contributed by atoms with E-state index in [9.17, 15) is 0 Å². The summed E-state index contributed by atoms with van der Waals surface area (Å²) >= 11 is 1.69. The molecule has 21 heavy (non-hydrogen) atoms. The molecule has 0 aliphatic heterocycles. The van der Waals surface area contributed by atoms with Crippen molar-refractivity contribution in [1.82, 2.24) is 20.1 Å². The minimum absolute atomic E-state index is 0.214. The molecule has 114 valence electrons. The average Bonchev–Trinajstić information content (AvgIpc) is 2.89. The topological polar surface area (TPSA) is 52.0 Å². The van der Waals surface area contributed by atoms with E-state index in [1.165, 1.54) is 11.1 Å². The van der Waals surface area contributed by atoms with Crippen molar-refractivity contribution < 1.29 is 4.74 Å². The molecular formula is C15H22N4OS. The molecule has 0 spiro atoms. The molecule has 1 atom stereocenters. The van der Waals surface area contributed by atoms with Crippen molar-refractivity contribution >= 4 is 11.8 Å². The first kappa shape index (κ1) is 15.9. The lowest BCUT2D eigenvalue weighted by Gasteiger charge is -2.20. The molecule has 1 unspecified atom stereocenters. The van der Waals surface area contributed by atoms with Gasteiger partial charge in [-0.05, 0) is 19.5 Å². The molecular weight excluding hydrogens is 284 g/mol. The second-order valence-electron chi connectivity index (χ2n) is 4.83. The van der Waals surface area contributed by atoms with Gasteiger partial charge in [0.1, 0.15) is 12.1 Å². The molecule has 2 rings (SSSR count). The van der Waals surface area contributed by atoms with Crippen LogP contribution in [0.25, 0.3) is 0 Å². The van der Waals surface area contributed by atoms with Crippen LogP contribution in [-0.2, 0) is 7.05 Å². The normalized spacial score (nSPS) is 12.4. The summed E-state index contributed by atoms with van der Waals surface area (Å²) < 4.78 is 7.30. The van der Waals surface area contributed by atoms with Crippen molar-refractivity contribution in [2.45, 2.75) is 25.0 Å². The van der Waals surface area contributed by atoms with Crippen LogP contribution in [0.15, 0.2) is 29.7 Å². The zero-order valence-electron chi connectivity index (χ0n) is 13.0. The van der Waals surface area contributed by atoms with Crippen LogP contribution < -0.4 is 10.1 Å². The van der Waals surface area contributed by atoms with E-state index in [1.54, 1.807) is 29.9 Å². The number of methoxy groups -OCH3 is 1. The van der Waals surface area contributed by atoms with E-state index >= 15 is 0 Å². The third-order valence-corrected chi connectivity index (χ3v) is 4.39. The molecule has 0 saturated carbocycles. The van der Waals surface area contributed by atoms with Crippen molar-refractivity contribution in [3.8, 4) is 5.75 Å². The average molecular weight is 306 g/mol. The van der Waals surface area contributed by atoms with Gasteiger partial charge in [0.15, 0.2) is 5.16 Å². The smallest absolute Gasteiger partial charge is 0.185 e. The fourth-order valence-electron chi connectivity index (χ4n) is 2.21. The van der Waals surface area contributed by atoms with Crippen LogP contribution in [0.1, 0.15) is 24.1 Å².